The zero-order chi connectivity index (χ0) is 14.3. The normalized spacial score (nSPS) is 22.9. The predicted molar refractivity (Wildman–Crippen MR) is 57.7 cm³/mol. The SMILES string of the molecule is CCC(=O)N[C@H]1CC[C@@H](N)C1.O=C(O)C(F)(F)F. The summed E-state index contributed by atoms with van der Waals surface area (Å²) in [7, 11) is 0. The second-order valence-electron chi connectivity index (χ2n) is 3.99. The number of carboxylic acids is 1. The summed E-state index contributed by atoms with van der Waals surface area (Å²) in [6, 6.07) is 0.648. The number of amides is 1. The average Bonchev–Trinajstić information content (AvgIpc) is 2.63. The van der Waals surface area contributed by atoms with Crippen LogP contribution < -0.4 is 11.1 Å². The van der Waals surface area contributed by atoms with Crippen molar-refractivity contribution in [3.63, 3.8) is 0 Å². The van der Waals surface area contributed by atoms with Crippen LogP contribution in [0.1, 0.15) is 32.6 Å². The Morgan fingerprint density at radius 2 is 1.89 bits per heavy atom. The van der Waals surface area contributed by atoms with Crippen molar-refractivity contribution in [2.45, 2.75) is 50.9 Å². The van der Waals surface area contributed by atoms with Crippen molar-refractivity contribution in [1.29, 1.82) is 0 Å². The number of nitrogens with one attached hydrogen (secondary N) is 1. The van der Waals surface area contributed by atoms with Crippen LogP contribution in [-0.4, -0.2) is 35.2 Å². The van der Waals surface area contributed by atoms with E-state index in [-0.39, 0.29) is 5.91 Å². The van der Waals surface area contributed by atoms with E-state index in [9.17, 15) is 18.0 Å². The van der Waals surface area contributed by atoms with Crippen molar-refractivity contribution in [1.82, 2.24) is 5.32 Å². The molecule has 0 aliphatic heterocycles. The molecule has 1 amide bonds. The summed E-state index contributed by atoms with van der Waals surface area (Å²) in [5.74, 6) is -2.61. The van der Waals surface area contributed by atoms with Gasteiger partial charge in [-0.05, 0) is 19.3 Å². The first-order chi connectivity index (χ1) is 8.16. The van der Waals surface area contributed by atoms with E-state index in [0.717, 1.165) is 19.3 Å². The lowest BCUT2D eigenvalue weighted by molar-refractivity contribution is -0.192. The minimum atomic E-state index is -5.08. The molecule has 2 atom stereocenters. The summed E-state index contributed by atoms with van der Waals surface area (Å²) in [6.07, 6.45) is -1.46. The Morgan fingerprint density at radius 3 is 2.17 bits per heavy atom. The molecule has 106 valence electrons. The Labute approximate surface area is 103 Å². The molecule has 0 aromatic rings. The van der Waals surface area contributed by atoms with Gasteiger partial charge < -0.3 is 16.2 Å². The topological polar surface area (TPSA) is 92.4 Å². The molecule has 0 bridgehead atoms. The summed E-state index contributed by atoms with van der Waals surface area (Å²) in [4.78, 5) is 19.8. The smallest absolute Gasteiger partial charge is 0.475 e. The lowest BCUT2D eigenvalue weighted by atomic mass is 10.2. The first-order valence-corrected chi connectivity index (χ1v) is 5.51. The lowest BCUT2D eigenvalue weighted by Crippen LogP contribution is -2.33. The minimum Gasteiger partial charge on any atom is -0.475 e. The number of aliphatic carboxylic acids is 1. The van der Waals surface area contributed by atoms with Gasteiger partial charge in [0.1, 0.15) is 0 Å². The van der Waals surface area contributed by atoms with Crippen LogP contribution >= 0.6 is 0 Å². The van der Waals surface area contributed by atoms with Gasteiger partial charge in [-0.2, -0.15) is 13.2 Å². The van der Waals surface area contributed by atoms with E-state index in [1.165, 1.54) is 0 Å². The molecule has 1 rings (SSSR count). The Hall–Kier alpha value is -1.31. The molecule has 0 radical (unpaired) electrons. The number of hydrogen-bond donors (Lipinski definition) is 3. The summed E-state index contributed by atoms with van der Waals surface area (Å²) < 4.78 is 31.7. The van der Waals surface area contributed by atoms with Gasteiger partial charge in [-0.15, -0.1) is 0 Å². The number of carboxylic acid groups (broad SMARTS) is 1. The molecule has 1 fully saturated rings. The van der Waals surface area contributed by atoms with E-state index in [4.69, 9.17) is 15.6 Å². The highest BCUT2D eigenvalue weighted by molar-refractivity contribution is 5.75. The zero-order valence-corrected chi connectivity index (χ0v) is 9.96. The van der Waals surface area contributed by atoms with Gasteiger partial charge in [-0.3, -0.25) is 4.79 Å². The number of rotatable bonds is 2. The van der Waals surface area contributed by atoms with Gasteiger partial charge in [0.25, 0.3) is 0 Å². The molecule has 0 spiro atoms. The van der Waals surface area contributed by atoms with Gasteiger partial charge in [0.15, 0.2) is 0 Å². The molecule has 0 saturated heterocycles. The number of carbonyl (C=O) groups is 2. The van der Waals surface area contributed by atoms with E-state index in [0.29, 0.717) is 18.5 Å². The van der Waals surface area contributed by atoms with Crippen LogP contribution in [0.25, 0.3) is 0 Å². The van der Waals surface area contributed by atoms with Crippen LogP contribution in [0.4, 0.5) is 13.2 Å². The Balaban J connectivity index is 0.000000360. The molecule has 1 aliphatic carbocycles. The van der Waals surface area contributed by atoms with Crippen LogP contribution in [0.5, 0.6) is 0 Å². The van der Waals surface area contributed by atoms with Crippen molar-refractivity contribution >= 4 is 11.9 Å². The molecule has 0 unspecified atom stereocenters. The minimum absolute atomic E-state index is 0.143. The number of halogens is 3. The third-order valence-corrected chi connectivity index (χ3v) is 2.40. The lowest BCUT2D eigenvalue weighted by Gasteiger charge is -2.10. The van der Waals surface area contributed by atoms with E-state index in [2.05, 4.69) is 5.32 Å². The maximum absolute atomic E-state index is 10.9. The quantitative estimate of drug-likeness (QED) is 0.698. The van der Waals surface area contributed by atoms with E-state index in [1.54, 1.807) is 0 Å². The predicted octanol–water partition coefficient (Wildman–Crippen LogP) is 1.03. The molecular formula is C10H17F3N2O3. The second-order valence-corrected chi connectivity index (χ2v) is 3.99. The van der Waals surface area contributed by atoms with Crippen LogP contribution in [0.3, 0.4) is 0 Å². The Morgan fingerprint density at radius 1 is 1.39 bits per heavy atom. The van der Waals surface area contributed by atoms with Crippen LogP contribution in [0, 0.1) is 0 Å². The molecule has 5 nitrogen and oxygen atoms in total. The summed E-state index contributed by atoms with van der Waals surface area (Å²) in [5.41, 5.74) is 5.69. The molecular weight excluding hydrogens is 253 g/mol. The first kappa shape index (κ1) is 16.7. The highest BCUT2D eigenvalue weighted by Gasteiger charge is 2.38. The van der Waals surface area contributed by atoms with Crippen molar-refractivity contribution in [3.05, 3.63) is 0 Å². The van der Waals surface area contributed by atoms with Gasteiger partial charge in [0, 0.05) is 18.5 Å². The fourth-order valence-corrected chi connectivity index (χ4v) is 1.48. The molecule has 1 aliphatic rings. The van der Waals surface area contributed by atoms with Crippen molar-refractivity contribution in [2.24, 2.45) is 5.73 Å². The maximum atomic E-state index is 10.9. The number of nitrogens with two attached hydrogens (primary N) is 1. The van der Waals surface area contributed by atoms with E-state index < -0.39 is 12.1 Å². The number of hydrogen-bond acceptors (Lipinski definition) is 3. The van der Waals surface area contributed by atoms with Gasteiger partial charge in [0.05, 0.1) is 0 Å². The Bertz CT molecular complexity index is 295. The monoisotopic (exact) mass is 270 g/mol. The van der Waals surface area contributed by atoms with Crippen LogP contribution in [0.15, 0.2) is 0 Å². The highest BCUT2D eigenvalue weighted by atomic mass is 19.4. The van der Waals surface area contributed by atoms with Gasteiger partial charge >= 0.3 is 12.1 Å². The third kappa shape index (κ3) is 7.10. The fourth-order valence-electron chi connectivity index (χ4n) is 1.48. The summed E-state index contributed by atoms with van der Waals surface area (Å²) in [5, 5.41) is 10.1. The molecule has 0 aromatic heterocycles. The van der Waals surface area contributed by atoms with Crippen molar-refractivity contribution in [3.8, 4) is 0 Å². The third-order valence-electron chi connectivity index (χ3n) is 2.40. The standard InChI is InChI=1S/C8H16N2O.C2HF3O2/c1-2-8(11)10-7-4-3-6(9)5-7;3-2(4,5)1(6)7/h6-7H,2-5,9H2,1H3,(H,10,11);(H,6,7)/t6-,7+;/m1./s1. The molecule has 4 N–H and O–H groups in total. The molecule has 0 aromatic carbocycles. The highest BCUT2D eigenvalue weighted by Crippen LogP contribution is 2.16. The first-order valence-electron chi connectivity index (χ1n) is 5.51. The number of carbonyl (C=O) groups excluding carboxylic acids is 1. The van der Waals surface area contributed by atoms with Crippen LogP contribution in [0.2, 0.25) is 0 Å². The fraction of sp³-hybridized carbons (Fsp3) is 0.800. The largest absolute Gasteiger partial charge is 0.490 e. The summed E-state index contributed by atoms with van der Waals surface area (Å²) >= 11 is 0. The molecule has 1 saturated carbocycles. The molecule has 0 heterocycles. The number of alkyl halides is 3. The van der Waals surface area contributed by atoms with Crippen LogP contribution in [-0.2, 0) is 9.59 Å². The molecule has 8 heteroatoms. The summed E-state index contributed by atoms with van der Waals surface area (Å²) in [6.45, 7) is 1.87. The second kappa shape index (κ2) is 7.20. The van der Waals surface area contributed by atoms with Crippen molar-refractivity contribution in [2.75, 3.05) is 0 Å². The van der Waals surface area contributed by atoms with Gasteiger partial charge in [-0.25, -0.2) is 4.79 Å². The molecule has 18 heavy (non-hydrogen) atoms. The Kier molecular flexibility index (Phi) is 6.67. The van der Waals surface area contributed by atoms with Gasteiger partial charge in [0.2, 0.25) is 5.91 Å². The average molecular weight is 270 g/mol. The van der Waals surface area contributed by atoms with Crippen molar-refractivity contribution < 1.29 is 27.9 Å². The zero-order valence-electron chi connectivity index (χ0n) is 9.96. The maximum Gasteiger partial charge on any atom is 0.490 e. The van der Waals surface area contributed by atoms with E-state index in [1.807, 2.05) is 6.92 Å². The van der Waals surface area contributed by atoms with E-state index >= 15 is 0 Å². The van der Waals surface area contributed by atoms with Gasteiger partial charge in [-0.1, -0.05) is 6.92 Å².